The number of ketones is 1. The molecule has 3 rings (SSSR count). The second-order valence-corrected chi connectivity index (χ2v) is 7.28. The van der Waals surface area contributed by atoms with Crippen LogP contribution in [0.15, 0.2) is 30.3 Å². The van der Waals surface area contributed by atoms with Crippen LogP contribution in [0.25, 0.3) is 0 Å². The van der Waals surface area contributed by atoms with E-state index in [1.165, 1.54) is 11.3 Å². The van der Waals surface area contributed by atoms with Gasteiger partial charge in [0.15, 0.2) is 0 Å². The highest BCUT2D eigenvalue weighted by Crippen LogP contribution is 2.28. The van der Waals surface area contributed by atoms with Gasteiger partial charge in [-0.2, -0.15) is 0 Å². The van der Waals surface area contributed by atoms with E-state index in [2.05, 4.69) is 4.98 Å². The summed E-state index contributed by atoms with van der Waals surface area (Å²) in [6, 6.07) is 9.77. The van der Waals surface area contributed by atoms with E-state index >= 15 is 0 Å². The highest BCUT2D eigenvalue weighted by molar-refractivity contribution is 7.15. The first-order valence-electron chi connectivity index (χ1n) is 8.46. The van der Waals surface area contributed by atoms with Gasteiger partial charge in [0.05, 0.1) is 12.8 Å². The average Bonchev–Trinajstić information content (AvgIpc) is 3.03. The summed E-state index contributed by atoms with van der Waals surface area (Å²) in [6.45, 7) is 2.99. The number of likely N-dealkylation sites (tertiary alicyclic amines) is 1. The standard InChI is InChI=1S/C19H22N2O3S/c1-13-17(25-19(20-13)24-2)18(23)21-10-6-9-15(12-21)16(22)11-14-7-4-3-5-8-14/h3-5,7-8,15H,6,9-12H2,1-2H3/t15-/m0/s1. The van der Waals surface area contributed by atoms with E-state index in [0.29, 0.717) is 35.3 Å². The summed E-state index contributed by atoms with van der Waals surface area (Å²) in [4.78, 5) is 32.1. The Morgan fingerprint density at radius 3 is 2.76 bits per heavy atom. The van der Waals surface area contributed by atoms with Gasteiger partial charge in [0.1, 0.15) is 10.7 Å². The third-order valence-electron chi connectivity index (χ3n) is 4.53. The minimum absolute atomic E-state index is 0.0458. The van der Waals surface area contributed by atoms with Crippen LogP contribution in [0.5, 0.6) is 5.19 Å². The van der Waals surface area contributed by atoms with Crippen molar-refractivity contribution in [3.05, 3.63) is 46.5 Å². The molecule has 0 spiro atoms. The third kappa shape index (κ3) is 4.07. The molecule has 0 bridgehead atoms. The monoisotopic (exact) mass is 358 g/mol. The van der Waals surface area contributed by atoms with Crippen molar-refractivity contribution in [1.29, 1.82) is 0 Å². The highest BCUT2D eigenvalue weighted by Gasteiger charge is 2.30. The number of carbonyl (C=O) groups is 2. The molecule has 1 aliphatic rings. The molecule has 2 aromatic rings. The zero-order valence-corrected chi connectivity index (χ0v) is 15.3. The van der Waals surface area contributed by atoms with Crippen LogP contribution >= 0.6 is 11.3 Å². The predicted octanol–water partition coefficient (Wildman–Crippen LogP) is 3.12. The van der Waals surface area contributed by atoms with Crippen molar-refractivity contribution in [2.75, 3.05) is 20.2 Å². The number of rotatable bonds is 5. The number of ether oxygens (including phenoxy) is 1. The lowest BCUT2D eigenvalue weighted by Crippen LogP contribution is -2.42. The van der Waals surface area contributed by atoms with Crippen LogP contribution in [-0.2, 0) is 11.2 Å². The SMILES string of the molecule is COc1nc(C)c(C(=O)N2CCC[C@H](C(=O)Cc3ccccc3)C2)s1. The molecule has 0 N–H and O–H groups in total. The summed E-state index contributed by atoms with van der Waals surface area (Å²) in [5.74, 6) is 0.0749. The molecule has 0 radical (unpaired) electrons. The topological polar surface area (TPSA) is 59.5 Å². The second-order valence-electron chi connectivity index (χ2n) is 6.32. The fraction of sp³-hybridized carbons (Fsp3) is 0.421. The van der Waals surface area contributed by atoms with Gasteiger partial charge in [-0.05, 0) is 25.3 Å². The molecule has 1 saturated heterocycles. The molecule has 1 atom stereocenters. The lowest BCUT2D eigenvalue weighted by molar-refractivity contribution is -0.123. The number of benzene rings is 1. The van der Waals surface area contributed by atoms with Crippen LogP contribution in [-0.4, -0.2) is 41.8 Å². The summed E-state index contributed by atoms with van der Waals surface area (Å²) >= 11 is 1.26. The largest absolute Gasteiger partial charge is 0.473 e. The molecule has 1 amide bonds. The lowest BCUT2D eigenvalue weighted by atomic mass is 9.90. The molecule has 1 aromatic heterocycles. The highest BCUT2D eigenvalue weighted by atomic mass is 32.1. The van der Waals surface area contributed by atoms with E-state index in [1.807, 2.05) is 37.3 Å². The van der Waals surface area contributed by atoms with Crippen molar-refractivity contribution in [2.45, 2.75) is 26.2 Å². The Morgan fingerprint density at radius 1 is 1.32 bits per heavy atom. The van der Waals surface area contributed by atoms with Crippen molar-refractivity contribution in [3.63, 3.8) is 0 Å². The summed E-state index contributed by atoms with van der Waals surface area (Å²) in [7, 11) is 1.55. The van der Waals surface area contributed by atoms with Gasteiger partial charge in [-0.15, -0.1) is 0 Å². The number of hydrogen-bond acceptors (Lipinski definition) is 5. The molecule has 0 saturated carbocycles. The summed E-state index contributed by atoms with van der Waals surface area (Å²) in [5, 5.41) is 0.495. The third-order valence-corrected chi connectivity index (χ3v) is 5.64. The van der Waals surface area contributed by atoms with E-state index in [-0.39, 0.29) is 17.6 Å². The molecular formula is C19H22N2O3S. The van der Waals surface area contributed by atoms with Gasteiger partial charge in [-0.1, -0.05) is 41.7 Å². The number of aryl methyl sites for hydroxylation is 1. The first kappa shape index (κ1) is 17.6. The van der Waals surface area contributed by atoms with Gasteiger partial charge >= 0.3 is 0 Å². The van der Waals surface area contributed by atoms with Crippen LogP contribution in [0, 0.1) is 12.8 Å². The van der Waals surface area contributed by atoms with Gasteiger partial charge < -0.3 is 9.64 Å². The number of nitrogens with zero attached hydrogens (tertiary/aromatic N) is 2. The maximum atomic E-state index is 12.8. The maximum absolute atomic E-state index is 12.8. The van der Waals surface area contributed by atoms with E-state index in [1.54, 1.807) is 12.0 Å². The maximum Gasteiger partial charge on any atom is 0.273 e. The van der Waals surface area contributed by atoms with Crippen LogP contribution in [0.1, 0.15) is 33.8 Å². The Kier molecular flexibility index (Phi) is 5.48. The number of thiazole rings is 1. The number of aromatic nitrogens is 1. The molecule has 2 heterocycles. The second kappa shape index (κ2) is 7.78. The van der Waals surface area contributed by atoms with Gasteiger partial charge in [-0.3, -0.25) is 9.59 Å². The van der Waals surface area contributed by atoms with E-state index in [9.17, 15) is 9.59 Å². The van der Waals surface area contributed by atoms with Crippen molar-refractivity contribution in [1.82, 2.24) is 9.88 Å². The number of Topliss-reactive ketones (excluding diaryl/α,β-unsaturated/α-hetero) is 1. The summed E-state index contributed by atoms with van der Waals surface area (Å²) < 4.78 is 5.12. The average molecular weight is 358 g/mol. The Bertz CT molecular complexity index is 757. The molecule has 25 heavy (non-hydrogen) atoms. The van der Waals surface area contributed by atoms with Crippen LogP contribution in [0.2, 0.25) is 0 Å². The van der Waals surface area contributed by atoms with E-state index in [4.69, 9.17) is 4.74 Å². The van der Waals surface area contributed by atoms with Gasteiger partial charge in [0, 0.05) is 25.4 Å². The Labute approximate surface area is 151 Å². The number of piperidine rings is 1. The van der Waals surface area contributed by atoms with Crippen LogP contribution in [0.3, 0.4) is 0 Å². The zero-order valence-electron chi connectivity index (χ0n) is 14.5. The number of amides is 1. The van der Waals surface area contributed by atoms with E-state index < -0.39 is 0 Å². The van der Waals surface area contributed by atoms with Gasteiger partial charge in [-0.25, -0.2) is 4.98 Å². The molecular weight excluding hydrogens is 336 g/mol. The molecule has 6 heteroatoms. The van der Waals surface area contributed by atoms with Crippen molar-refractivity contribution in [2.24, 2.45) is 5.92 Å². The minimum Gasteiger partial charge on any atom is -0.473 e. The Morgan fingerprint density at radius 2 is 2.08 bits per heavy atom. The normalized spacial score (nSPS) is 17.4. The van der Waals surface area contributed by atoms with E-state index in [0.717, 1.165) is 18.4 Å². The Balaban J connectivity index is 1.67. The lowest BCUT2D eigenvalue weighted by Gasteiger charge is -2.31. The minimum atomic E-state index is -0.0898. The summed E-state index contributed by atoms with van der Waals surface area (Å²) in [6.07, 6.45) is 2.13. The number of hydrogen-bond donors (Lipinski definition) is 0. The van der Waals surface area contributed by atoms with Gasteiger partial charge in [0.25, 0.3) is 11.1 Å². The zero-order chi connectivity index (χ0) is 17.8. The Hall–Kier alpha value is -2.21. The molecule has 1 aromatic carbocycles. The quantitative estimate of drug-likeness (QED) is 0.824. The first-order valence-corrected chi connectivity index (χ1v) is 9.27. The molecule has 1 aliphatic heterocycles. The van der Waals surface area contributed by atoms with Gasteiger partial charge in [0.2, 0.25) is 0 Å². The molecule has 0 aliphatic carbocycles. The predicted molar refractivity (Wildman–Crippen MR) is 97.2 cm³/mol. The fourth-order valence-corrected chi connectivity index (χ4v) is 4.02. The first-order chi connectivity index (χ1) is 12.1. The van der Waals surface area contributed by atoms with Crippen molar-refractivity contribution >= 4 is 23.0 Å². The van der Waals surface area contributed by atoms with Crippen molar-refractivity contribution in [3.8, 4) is 5.19 Å². The molecule has 1 fully saturated rings. The molecule has 0 unspecified atom stereocenters. The molecule has 132 valence electrons. The number of carbonyl (C=O) groups excluding carboxylic acids is 2. The van der Waals surface area contributed by atoms with Crippen LogP contribution < -0.4 is 4.74 Å². The smallest absolute Gasteiger partial charge is 0.273 e. The summed E-state index contributed by atoms with van der Waals surface area (Å²) in [5.41, 5.74) is 1.71. The van der Waals surface area contributed by atoms with Crippen LogP contribution in [0.4, 0.5) is 0 Å². The molecule has 5 nitrogen and oxygen atoms in total. The fourth-order valence-electron chi connectivity index (χ4n) is 3.17. The van der Waals surface area contributed by atoms with Crippen molar-refractivity contribution < 1.29 is 14.3 Å². The number of methoxy groups -OCH3 is 1.